The molecule has 0 aromatic carbocycles. The molecule has 13 heavy (non-hydrogen) atoms. The van der Waals surface area contributed by atoms with E-state index in [1.807, 2.05) is 0 Å². The zero-order chi connectivity index (χ0) is 9.68. The van der Waals surface area contributed by atoms with E-state index < -0.39 is 0 Å². The van der Waals surface area contributed by atoms with Crippen LogP contribution in [0, 0.1) is 0 Å². The number of anilines is 1. The Bertz CT molecular complexity index is 306. The molecule has 0 amide bonds. The van der Waals surface area contributed by atoms with Gasteiger partial charge < -0.3 is 10.1 Å². The Morgan fingerprint density at radius 2 is 2.46 bits per heavy atom. The molecule has 0 unspecified atom stereocenters. The van der Waals surface area contributed by atoms with Gasteiger partial charge in [-0.3, -0.25) is 9.78 Å². The second kappa shape index (κ2) is 4.61. The van der Waals surface area contributed by atoms with Gasteiger partial charge >= 0.3 is 5.97 Å². The van der Waals surface area contributed by atoms with Gasteiger partial charge in [-0.1, -0.05) is 11.6 Å². The highest BCUT2D eigenvalue weighted by Crippen LogP contribution is 2.05. The number of nitrogens with one attached hydrogen (secondary N) is 1. The van der Waals surface area contributed by atoms with Gasteiger partial charge in [0.1, 0.15) is 17.5 Å². The van der Waals surface area contributed by atoms with Crippen molar-refractivity contribution in [2.45, 2.75) is 0 Å². The van der Waals surface area contributed by atoms with E-state index in [2.05, 4.69) is 20.0 Å². The topological polar surface area (TPSA) is 64.1 Å². The second-order valence-electron chi connectivity index (χ2n) is 2.16. The first kappa shape index (κ1) is 9.73. The molecule has 70 valence electrons. The van der Waals surface area contributed by atoms with Crippen molar-refractivity contribution < 1.29 is 9.53 Å². The molecule has 1 aromatic heterocycles. The molecule has 1 heterocycles. The molecule has 1 N–H and O–H groups in total. The minimum atomic E-state index is -0.373. The molecular formula is C7H8ClN3O2. The number of hydrogen-bond donors (Lipinski definition) is 1. The van der Waals surface area contributed by atoms with Crippen molar-refractivity contribution in [3.8, 4) is 0 Å². The molecule has 0 bridgehead atoms. The van der Waals surface area contributed by atoms with Crippen LogP contribution >= 0.6 is 11.6 Å². The molecule has 0 spiro atoms. The third kappa shape index (κ3) is 3.25. The maximum atomic E-state index is 10.7. The fourth-order valence-electron chi connectivity index (χ4n) is 0.662. The molecule has 6 heteroatoms. The Balaban J connectivity index is 2.50. The summed E-state index contributed by atoms with van der Waals surface area (Å²) in [4.78, 5) is 18.3. The fraction of sp³-hybridized carbons (Fsp3) is 0.286. The third-order valence-corrected chi connectivity index (χ3v) is 1.43. The van der Waals surface area contributed by atoms with Crippen molar-refractivity contribution in [3.05, 3.63) is 17.5 Å². The largest absolute Gasteiger partial charge is 0.468 e. The lowest BCUT2D eigenvalue weighted by molar-refractivity contribution is -0.138. The molecule has 0 aliphatic rings. The average Bonchev–Trinajstić information content (AvgIpc) is 2.14. The maximum Gasteiger partial charge on any atom is 0.325 e. The van der Waals surface area contributed by atoms with Crippen molar-refractivity contribution >= 4 is 23.4 Å². The number of nitrogens with zero attached hydrogens (tertiary/aromatic N) is 2. The van der Waals surface area contributed by atoms with Crippen molar-refractivity contribution in [1.29, 1.82) is 0 Å². The van der Waals surface area contributed by atoms with E-state index in [0.29, 0.717) is 5.82 Å². The number of halogens is 1. The van der Waals surface area contributed by atoms with Gasteiger partial charge in [-0.05, 0) is 0 Å². The van der Waals surface area contributed by atoms with E-state index in [4.69, 9.17) is 11.6 Å². The van der Waals surface area contributed by atoms with Gasteiger partial charge in [0.05, 0.1) is 19.5 Å². The van der Waals surface area contributed by atoms with E-state index in [0.717, 1.165) is 0 Å². The van der Waals surface area contributed by atoms with Crippen LogP contribution in [0.5, 0.6) is 0 Å². The number of carbonyl (C=O) groups is 1. The molecular weight excluding hydrogens is 194 g/mol. The monoisotopic (exact) mass is 201 g/mol. The van der Waals surface area contributed by atoms with Crippen LogP contribution in [0.15, 0.2) is 12.4 Å². The van der Waals surface area contributed by atoms with E-state index in [9.17, 15) is 4.79 Å². The summed E-state index contributed by atoms with van der Waals surface area (Å²) in [7, 11) is 1.31. The summed E-state index contributed by atoms with van der Waals surface area (Å²) in [5.74, 6) is 0.0691. The minimum Gasteiger partial charge on any atom is -0.468 e. The summed E-state index contributed by atoms with van der Waals surface area (Å²) in [5.41, 5.74) is 0. The first-order valence-electron chi connectivity index (χ1n) is 3.50. The molecule has 0 aliphatic carbocycles. The molecule has 0 aliphatic heterocycles. The van der Waals surface area contributed by atoms with Crippen LogP contribution in [0.2, 0.25) is 5.15 Å². The number of esters is 1. The zero-order valence-corrected chi connectivity index (χ0v) is 7.71. The Morgan fingerprint density at radius 1 is 1.69 bits per heavy atom. The van der Waals surface area contributed by atoms with E-state index in [-0.39, 0.29) is 17.7 Å². The quantitative estimate of drug-likeness (QED) is 0.730. The van der Waals surface area contributed by atoms with E-state index in [1.54, 1.807) is 0 Å². The molecule has 1 rings (SSSR count). The third-order valence-electron chi connectivity index (χ3n) is 1.25. The summed E-state index contributed by atoms with van der Waals surface area (Å²) in [6.45, 7) is 0.0471. The highest BCUT2D eigenvalue weighted by atomic mass is 35.5. The fourth-order valence-corrected chi connectivity index (χ4v) is 0.810. The number of carbonyl (C=O) groups excluding carboxylic acids is 1. The smallest absolute Gasteiger partial charge is 0.325 e. The standard InChI is InChI=1S/C7H8ClN3O2/c1-13-7(12)4-10-6-3-9-2-5(8)11-6/h2-3H,4H2,1H3,(H,10,11). The lowest BCUT2D eigenvalue weighted by atomic mass is 10.6. The minimum absolute atomic E-state index is 0.0471. The highest BCUT2D eigenvalue weighted by Gasteiger charge is 2.00. The lowest BCUT2D eigenvalue weighted by Gasteiger charge is -2.02. The second-order valence-corrected chi connectivity index (χ2v) is 2.54. The number of rotatable bonds is 3. The first-order chi connectivity index (χ1) is 6.22. The number of hydrogen-bond acceptors (Lipinski definition) is 5. The van der Waals surface area contributed by atoms with Crippen LogP contribution < -0.4 is 5.32 Å². The summed E-state index contributed by atoms with van der Waals surface area (Å²) in [5, 5.41) is 2.98. The van der Waals surface area contributed by atoms with Gasteiger partial charge in [-0.25, -0.2) is 4.98 Å². The maximum absolute atomic E-state index is 10.7. The predicted octanol–water partition coefficient (Wildman–Crippen LogP) is 0.715. The normalized spacial score (nSPS) is 9.38. The van der Waals surface area contributed by atoms with Crippen LogP contribution in [0.3, 0.4) is 0 Å². The van der Waals surface area contributed by atoms with Crippen LogP contribution in [0.1, 0.15) is 0 Å². The van der Waals surface area contributed by atoms with Gasteiger partial charge in [0, 0.05) is 0 Å². The van der Waals surface area contributed by atoms with Gasteiger partial charge in [-0.2, -0.15) is 0 Å². The van der Waals surface area contributed by atoms with Crippen molar-refractivity contribution in [2.75, 3.05) is 19.0 Å². The Labute approximate surface area is 80.1 Å². The van der Waals surface area contributed by atoms with Gasteiger partial charge in [-0.15, -0.1) is 0 Å². The van der Waals surface area contributed by atoms with Crippen molar-refractivity contribution in [1.82, 2.24) is 9.97 Å². The summed E-state index contributed by atoms with van der Waals surface area (Å²) in [6, 6.07) is 0. The SMILES string of the molecule is COC(=O)CNc1cncc(Cl)n1. The van der Waals surface area contributed by atoms with Crippen LogP contribution in [-0.4, -0.2) is 29.6 Å². The molecule has 5 nitrogen and oxygen atoms in total. The average molecular weight is 202 g/mol. The van der Waals surface area contributed by atoms with Crippen molar-refractivity contribution in [2.24, 2.45) is 0 Å². The Hall–Kier alpha value is -1.36. The molecule has 0 atom stereocenters. The van der Waals surface area contributed by atoms with Gasteiger partial charge in [0.2, 0.25) is 0 Å². The predicted molar refractivity (Wildman–Crippen MR) is 47.5 cm³/mol. The molecule has 1 aromatic rings. The van der Waals surface area contributed by atoms with E-state index >= 15 is 0 Å². The van der Waals surface area contributed by atoms with Crippen molar-refractivity contribution in [3.63, 3.8) is 0 Å². The number of methoxy groups -OCH3 is 1. The Kier molecular flexibility index (Phi) is 3.45. The molecule has 0 saturated carbocycles. The summed E-state index contributed by atoms with van der Waals surface area (Å²) < 4.78 is 4.42. The lowest BCUT2D eigenvalue weighted by Crippen LogP contribution is -2.15. The van der Waals surface area contributed by atoms with Crippen LogP contribution in [0.4, 0.5) is 5.82 Å². The highest BCUT2D eigenvalue weighted by molar-refractivity contribution is 6.29. The number of aromatic nitrogens is 2. The van der Waals surface area contributed by atoms with Crippen LogP contribution in [-0.2, 0) is 9.53 Å². The molecule has 0 radical (unpaired) electrons. The molecule has 0 saturated heterocycles. The zero-order valence-electron chi connectivity index (χ0n) is 6.95. The summed E-state index contributed by atoms with van der Waals surface area (Å²) in [6.07, 6.45) is 2.87. The summed E-state index contributed by atoms with van der Waals surface area (Å²) >= 11 is 5.56. The molecule has 0 fully saturated rings. The van der Waals surface area contributed by atoms with Gasteiger partial charge in [0.15, 0.2) is 0 Å². The first-order valence-corrected chi connectivity index (χ1v) is 3.88. The Morgan fingerprint density at radius 3 is 3.08 bits per heavy atom. The van der Waals surface area contributed by atoms with Gasteiger partial charge in [0.25, 0.3) is 0 Å². The van der Waals surface area contributed by atoms with E-state index in [1.165, 1.54) is 19.5 Å². The number of ether oxygens (including phenoxy) is 1. The van der Waals surface area contributed by atoms with Crippen LogP contribution in [0.25, 0.3) is 0 Å².